The van der Waals surface area contributed by atoms with Gasteiger partial charge in [-0.1, -0.05) is 30.3 Å². The highest BCUT2D eigenvalue weighted by atomic mass is 16.5. The molecule has 0 atom stereocenters. The van der Waals surface area contributed by atoms with Crippen LogP contribution in [-0.4, -0.2) is 16.7 Å². The molecule has 3 aromatic carbocycles. The van der Waals surface area contributed by atoms with Gasteiger partial charge in [-0.2, -0.15) is 0 Å². The van der Waals surface area contributed by atoms with Crippen LogP contribution in [0.4, 0.5) is 0 Å². The lowest BCUT2D eigenvalue weighted by Gasteiger charge is -2.33. The van der Waals surface area contributed by atoms with Gasteiger partial charge in [-0.25, -0.2) is 0 Å². The van der Waals surface area contributed by atoms with E-state index in [0.717, 1.165) is 61.9 Å². The van der Waals surface area contributed by atoms with E-state index in [2.05, 4.69) is 34.2 Å². The van der Waals surface area contributed by atoms with Crippen molar-refractivity contribution in [3.05, 3.63) is 103 Å². The molecule has 4 nitrogen and oxygen atoms in total. The van der Waals surface area contributed by atoms with Gasteiger partial charge in [0.1, 0.15) is 23.0 Å². The van der Waals surface area contributed by atoms with Gasteiger partial charge >= 0.3 is 0 Å². The summed E-state index contributed by atoms with van der Waals surface area (Å²) in [6.45, 7) is -0.00368. The number of pyridine rings is 2. The average molecular weight is 424 g/mol. The normalized spacial score (nSPS) is 12.7. The summed E-state index contributed by atoms with van der Waals surface area (Å²) in [6.07, 6.45) is 3.64. The zero-order valence-corrected chi connectivity index (χ0v) is 17.6. The zero-order chi connectivity index (χ0) is 21.8. The number of benzene rings is 3. The quantitative estimate of drug-likeness (QED) is 0.383. The number of nitrogens with zero attached hydrogens (tertiary/aromatic N) is 2. The van der Waals surface area contributed by atoms with E-state index < -0.39 is 0 Å². The van der Waals surface area contributed by atoms with Gasteiger partial charge in [0.05, 0.1) is 11.4 Å². The monoisotopic (exact) mass is 424 g/mol. The van der Waals surface area contributed by atoms with E-state index in [9.17, 15) is 0 Å². The van der Waals surface area contributed by atoms with Crippen molar-refractivity contribution in [3.8, 4) is 45.5 Å². The van der Waals surface area contributed by atoms with Crippen molar-refractivity contribution in [3.63, 3.8) is 0 Å². The minimum Gasteiger partial charge on any atom is -0.458 e. The highest BCUT2D eigenvalue weighted by Crippen LogP contribution is 2.36. The molecule has 4 heterocycles. The molecule has 33 heavy (non-hydrogen) atoms. The molecule has 0 N–H and O–H groups in total. The van der Waals surface area contributed by atoms with E-state index in [4.69, 9.17) is 9.47 Å². The predicted octanol–water partition coefficient (Wildman–Crippen LogP) is 4.54. The van der Waals surface area contributed by atoms with Gasteiger partial charge in [0.2, 0.25) is 0 Å². The molecule has 0 radical (unpaired) electrons. The Morgan fingerprint density at radius 3 is 1.55 bits per heavy atom. The summed E-state index contributed by atoms with van der Waals surface area (Å²) in [5, 5.41) is 0. The number of fused-ring (bicyclic) bond motifs is 4. The number of hydrogen-bond donors (Lipinski definition) is 0. The van der Waals surface area contributed by atoms with Gasteiger partial charge < -0.3 is 9.47 Å². The Hall–Kier alpha value is -4.38. The van der Waals surface area contributed by atoms with E-state index in [-0.39, 0.29) is 6.71 Å². The zero-order valence-electron chi connectivity index (χ0n) is 17.6. The first-order valence-electron chi connectivity index (χ1n) is 10.9. The highest BCUT2D eigenvalue weighted by molar-refractivity contribution is 6.98. The molecule has 5 aromatic rings. The van der Waals surface area contributed by atoms with E-state index in [1.54, 1.807) is 0 Å². The number of aromatic nitrogens is 2. The van der Waals surface area contributed by atoms with Crippen LogP contribution < -0.4 is 25.9 Å². The SMILES string of the molecule is c1ccc(-c2ccc3c(c2)B2c4cc(-c5ccccn5)ccc4Oc4cccc(c42)O3)nc1. The topological polar surface area (TPSA) is 44.2 Å². The standard InChI is InChI=1S/C28H17BN2O2/c1-3-14-30-22(6-1)18-10-12-24-20(16-18)29-21-17-19(23-7-2-4-15-31-23)11-13-25(21)33-27-9-5-8-26(32-24)28(27)29/h1-17H. The van der Waals surface area contributed by atoms with Crippen LogP contribution in [0.3, 0.4) is 0 Å². The molecular weight excluding hydrogens is 407 g/mol. The lowest BCUT2D eigenvalue weighted by Crippen LogP contribution is -2.57. The molecule has 2 aromatic heterocycles. The van der Waals surface area contributed by atoms with Crippen LogP contribution in [0.25, 0.3) is 22.5 Å². The average Bonchev–Trinajstić information content (AvgIpc) is 2.89. The third kappa shape index (κ3) is 2.86. The minimum absolute atomic E-state index is 0.00368. The Kier molecular flexibility index (Phi) is 3.90. The second-order valence-corrected chi connectivity index (χ2v) is 8.24. The van der Waals surface area contributed by atoms with Crippen LogP contribution in [0.15, 0.2) is 103 Å². The summed E-state index contributed by atoms with van der Waals surface area (Å²) >= 11 is 0. The first-order valence-corrected chi connectivity index (χ1v) is 10.9. The van der Waals surface area contributed by atoms with Crippen molar-refractivity contribution in [2.75, 3.05) is 0 Å². The van der Waals surface area contributed by atoms with Crippen LogP contribution >= 0.6 is 0 Å². The number of ether oxygens (including phenoxy) is 2. The van der Waals surface area contributed by atoms with Gasteiger partial charge in [-0.05, 0) is 82.7 Å². The maximum Gasteiger partial charge on any atom is 0.260 e. The summed E-state index contributed by atoms with van der Waals surface area (Å²) < 4.78 is 12.7. The van der Waals surface area contributed by atoms with Crippen LogP contribution in [0.5, 0.6) is 23.0 Å². The van der Waals surface area contributed by atoms with E-state index in [1.807, 2.05) is 79.1 Å². The van der Waals surface area contributed by atoms with Gasteiger partial charge in [0, 0.05) is 17.9 Å². The Morgan fingerprint density at radius 1 is 0.515 bits per heavy atom. The fourth-order valence-corrected chi connectivity index (χ4v) is 4.82. The maximum absolute atomic E-state index is 6.33. The molecule has 0 saturated heterocycles. The van der Waals surface area contributed by atoms with Crippen molar-refractivity contribution in [2.24, 2.45) is 0 Å². The molecule has 154 valence electrons. The summed E-state index contributed by atoms with van der Waals surface area (Å²) in [7, 11) is 0. The van der Waals surface area contributed by atoms with Crippen LogP contribution in [-0.2, 0) is 0 Å². The Bertz CT molecular complexity index is 1410. The Morgan fingerprint density at radius 2 is 1.06 bits per heavy atom. The maximum atomic E-state index is 6.33. The Balaban J connectivity index is 1.46. The summed E-state index contributed by atoms with van der Waals surface area (Å²) in [5.41, 5.74) is 7.29. The fraction of sp³-hybridized carbons (Fsp3) is 0. The molecule has 2 aliphatic heterocycles. The summed E-state index contributed by atoms with van der Waals surface area (Å²) in [4.78, 5) is 9.10. The summed E-state index contributed by atoms with van der Waals surface area (Å²) in [6, 6.07) is 30.6. The lowest BCUT2D eigenvalue weighted by molar-refractivity contribution is 0.464. The summed E-state index contributed by atoms with van der Waals surface area (Å²) in [5.74, 6) is 3.40. The van der Waals surface area contributed by atoms with Gasteiger partial charge in [-0.15, -0.1) is 0 Å². The molecule has 0 aliphatic carbocycles. The highest BCUT2D eigenvalue weighted by Gasteiger charge is 2.40. The predicted molar refractivity (Wildman–Crippen MR) is 131 cm³/mol. The molecular formula is C28H17BN2O2. The van der Waals surface area contributed by atoms with Gasteiger partial charge in [0.15, 0.2) is 0 Å². The van der Waals surface area contributed by atoms with Crippen molar-refractivity contribution in [1.82, 2.24) is 9.97 Å². The molecule has 0 fully saturated rings. The molecule has 0 amide bonds. The third-order valence-corrected chi connectivity index (χ3v) is 6.32. The smallest absolute Gasteiger partial charge is 0.260 e. The van der Waals surface area contributed by atoms with Gasteiger partial charge in [0.25, 0.3) is 6.71 Å². The van der Waals surface area contributed by atoms with Crippen molar-refractivity contribution in [1.29, 1.82) is 0 Å². The van der Waals surface area contributed by atoms with E-state index >= 15 is 0 Å². The van der Waals surface area contributed by atoms with E-state index in [0.29, 0.717) is 0 Å². The first kappa shape index (κ1) is 18.2. The molecule has 0 unspecified atom stereocenters. The Labute approximate surface area is 191 Å². The first-order chi connectivity index (χ1) is 16.3. The second kappa shape index (κ2) is 7.07. The molecule has 0 spiro atoms. The third-order valence-electron chi connectivity index (χ3n) is 6.32. The van der Waals surface area contributed by atoms with Gasteiger partial charge in [-0.3, -0.25) is 9.97 Å². The fourth-order valence-electron chi connectivity index (χ4n) is 4.82. The van der Waals surface area contributed by atoms with Crippen LogP contribution in [0.1, 0.15) is 0 Å². The molecule has 0 saturated carbocycles. The van der Waals surface area contributed by atoms with E-state index in [1.165, 1.54) is 0 Å². The largest absolute Gasteiger partial charge is 0.458 e. The molecule has 0 bridgehead atoms. The van der Waals surface area contributed by atoms with Crippen LogP contribution in [0.2, 0.25) is 0 Å². The molecule has 2 aliphatic rings. The number of rotatable bonds is 2. The lowest BCUT2D eigenvalue weighted by atomic mass is 9.34. The van der Waals surface area contributed by atoms with Crippen molar-refractivity contribution >= 4 is 23.1 Å². The second-order valence-electron chi connectivity index (χ2n) is 8.24. The number of hydrogen-bond acceptors (Lipinski definition) is 4. The minimum atomic E-state index is -0.00368. The molecule has 7 rings (SSSR count). The van der Waals surface area contributed by atoms with Crippen molar-refractivity contribution in [2.45, 2.75) is 0 Å². The van der Waals surface area contributed by atoms with Crippen LogP contribution in [0, 0.1) is 0 Å². The van der Waals surface area contributed by atoms with Crippen molar-refractivity contribution < 1.29 is 9.47 Å². The molecule has 5 heteroatoms.